The predicted octanol–water partition coefficient (Wildman–Crippen LogP) is 4.13. The third-order valence-corrected chi connectivity index (χ3v) is 4.88. The fourth-order valence-corrected chi connectivity index (χ4v) is 3.61. The Morgan fingerprint density at radius 2 is 1.92 bits per heavy atom. The van der Waals surface area contributed by atoms with Crippen LogP contribution < -0.4 is 5.56 Å². The van der Waals surface area contributed by atoms with Crippen LogP contribution in [0, 0.1) is 0 Å². The maximum absolute atomic E-state index is 13.6. The lowest BCUT2D eigenvalue weighted by Crippen LogP contribution is -2.08. The van der Waals surface area contributed by atoms with Crippen LogP contribution in [0.5, 0.6) is 0 Å². The molecule has 0 bridgehead atoms. The Morgan fingerprint density at radius 1 is 1.08 bits per heavy atom. The van der Waals surface area contributed by atoms with E-state index in [0.717, 1.165) is 0 Å². The van der Waals surface area contributed by atoms with Crippen molar-refractivity contribution in [2.24, 2.45) is 0 Å². The van der Waals surface area contributed by atoms with Gasteiger partial charge in [-0.3, -0.25) is 14.8 Å². The van der Waals surface area contributed by atoms with Gasteiger partial charge in [0, 0.05) is 29.7 Å². The molecule has 0 aliphatic carbocycles. The average Bonchev–Trinajstić information content (AvgIpc) is 3.04. The summed E-state index contributed by atoms with van der Waals surface area (Å²) < 4.78 is 40.6. The summed E-state index contributed by atoms with van der Waals surface area (Å²) in [5.41, 5.74) is -0.186. The lowest BCUT2D eigenvalue weighted by Gasteiger charge is -2.07. The van der Waals surface area contributed by atoms with Gasteiger partial charge < -0.3 is 4.98 Å². The highest BCUT2D eigenvalue weighted by Gasteiger charge is 2.38. The number of nitrogens with one attached hydrogen (secondary N) is 1. The molecule has 4 aromatic heterocycles. The van der Waals surface area contributed by atoms with Crippen molar-refractivity contribution in [2.45, 2.75) is 6.18 Å². The van der Waals surface area contributed by atoms with Crippen molar-refractivity contribution in [3.05, 3.63) is 64.2 Å². The van der Waals surface area contributed by atoms with Crippen molar-refractivity contribution in [1.29, 1.82) is 0 Å². The highest BCUT2D eigenvalue weighted by Crippen LogP contribution is 2.45. The molecule has 0 aliphatic heterocycles. The molecule has 9 heteroatoms. The van der Waals surface area contributed by atoms with Gasteiger partial charge in [0.1, 0.15) is 15.3 Å². The number of aromatic amines is 1. The Labute approximate surface area is 148 Å². The van der Waals surface area contributed by atoms with Gasteiger partial charge in [0.25, 0.3) is 5.56 Å². The Kier molecular flexibility index (Phi) is 3.80. The molecule has 26 heavy (non-hydrogen) atoms. The number of aromatic nitrogens is 4. The molecule has 0 saturated heterocycles. The predicted molar refractivity (Wildman–Crippen MR) is 91.7 cm³/mol. The molecule has 4 aromatic rings. The molecule has 0 radical (unpaired) electrons. The van der Waals surface area contributed by atoms with Crippen LogP contribution in [0.2, 0.25) is 0 Å². The Bertz CT molecular complexity index is 1140. The van der Waals surface area contributed by atoms with Crippen molar-refractivity contribution in [1.82, 2.24) is 19.9 Å². The molecule has 5 nitrogen and oxygen atoms in total. The maximum Gasteiger partial charge on any atom is 0.426 e. The zero-order valence-electron chi connectivity index (χ0n) is 12.9. The van der Waals surface area contributed by atoms with Crippen molar-refractivity contribution < 1.29 is 13.2 Å². The van der Waals surface area contributed by atoms with Crippen molar-refractivity contribution in [3.8, 4) is 22.6 Å². The second-order valence-corrected chi connectivity index (χ2v) is 6.37. The number of nitrogens with zero attached hydrogens (tertiary/aromatic N) is 3. The topological polar surface area (TPSA) is 71.5 Å². The minimum absolute atomic E-state index is 0.0141. The van der Waals surface area contributed by atoms with Gasteiger partial charge in [-0.2, -0.15) is 13.2 Å². The van der Waals surface area contributed by atoms with E-state index >= 15 is 0 Å². The molecule has 0 spiro atoms. The molecule has 4 heterocycles. The van der Waals surface area contributed by atoms with Crippen LogP contribution in [0.15, 0.2) is 53.7 Å². The van der Waals surface area contributed by atoms with E-state index in [0.29, 0.717) is 17.0 Å². The first-order chi connectivity index (χ1) is 12.4. The molecule has 0 unspecified atom stereocenters. The number of rotatable bonds is 2. The van der Waals surface area contributed by atoms with Crippen molar-refractivity contribution in [3.63, 3.8) is 0 Å². The summed E-state index contributed by atoms with van der Waals surface area (Å²) in [5, 5.41) is 0. The second-order valence-electron chi connectivity index (χ2n) is 5.35. The zero-order valence-corrected chi connectivity index (χ0v) is 13.7. The van der Waals surface area contributed by atoms with Gasteiger partial charge in [0.05, 0.1) is 5.52 Å². The molecule has 0 amide bonds. The molecule has 0 fully saturated rings. The van der Waals surface area contributed by atoms with E-state index < -0.39 is 16.6 Å². The van der Waals surface area contributed by atoms with Gasteiger partial charge in [-0.05, 0) is 18.2 Å². The first-order valence-electron chi connectivity index (χ1n) is 7.41. The van der Waals surface area contributed by atoms with Gasteiger partial charge in [0.15, 0.2) is 5.82 Å². The van der Waals surface area contributed by atoms with Crippen molar-refractivity contribution >= 4 is 21.6 Å². The van der Waals surface area contributed by atoms with Gasteiger partial charge in [-0.15, -0.1) is 11.3 Å². The van der Waals surface area contributed by atoms with Crippen LogP contribution in [0.25, 0.3) is 32.9 Å². The number of alkyl halides is 3. The molecule has 0 aliphatic rings. The van der Waals surface area contributed by atoms with Crippen LogP contribution in [-0.2, 0) is 6.18 Å². The number of halogens is 3. The zero-order chi connectivity index (χ0) is 18.3. The van der Waals surface area contributed by atoms with E-state index in [1.807, 2.05) is 0 Å². The van der Waals surface area contributed by atoms with E-state index in [9.17, 15) is 18.0 Å². The lowest BCUT2D eigenvalue weighted by atomic mass is 10.1. The summed E-state index contributed by atoms with van der Waals surface area (Å²) in [7, 11) is 0. The van der Waals surface area contributed by atoms with E-state index in [1.54, 1.807) is 18.2 Å². The smallest absolute Gasteiger partial charge is 0.304 e. The summed E-state index contributed by atoms with van der Waals surface area (Å²) in [6.45, 7) is 0. The molecule has 0 aromatic carbocycles. The van der Waals surface area contributed by atoms with Crippen LogP contribution in [0.4, 0.5) is 13.2 Å². The highest BCUT2D eigenvalue weighted by molar-refractivity contribution is 7.19. The Balaban J connectivity index is 2.09. The molecular weight excluding hydrogens is 365 g/mol. The molecule has 0 atom stereocenters. The van der Waals surface area contributed by atoms with Crippen molar-refractivity contribution in [2.75, 3.05) is 0 Å². The van der Waals surface area contributed by atoms with Crippen LogP contribution >= 0.6 is 11.3 Å². The van der Waals surface area contributed by atoms with Crippen LogP contribution in [0.1, 0.15) is 4.88 Å². The monoisotopic (exact) mass is 374 g/mol. The fourth-order valence-electron chi connectivity index (χ4n) is 2.59. The summed E-state index contributed by atoms with van der Waals surface area (Å²) in [6, 6.07) is 8.04. The average molecular weight is 374 g/mol. The second kappa shape index (κ2) is 6.03. The van der Waals surface area contributed by atoms with Gasteiger partial charge in [-0.25, -0.2) is 4.98 Å². The molecule has 4 rings (SSSR count). The van der Waals surface area contributed by atoms with Crippen LogP contribution in [0.3, 0.4) is 0 Å². The summed E-state index contributed by atoms with van der Waals surface area (Å²) in [5.74, 6) is 0.111. The molecule has 0 saturated carbocycles. The minimum Gasteiger partial charge on any atom is -0.304 e. The van der Waals surface area contributed by atoms with Crippen LogP contribution in [-0.4, -0.2) is 19.9 Å². The number of fused-ring (bicyclic) bond motifs is 1. The number of pyridine rings is 2. The first-order valence-corrected chi connectivity index (χ1v) is 8.22. The number of thiophene rings is 1. The largest absolute Gasteiger partial charge is 0.426 e. The lowest BCUT2D eigenvalue weighted by molar-refractivity contribution is -0.133. The van der Waals surface area contributed by atoms with Gasteiger partial charge in [-0.1, -0.05) is 12.1 Å². The third-order valence-electron chi connectivity index (χ3n) is 3.66. The molecule has 1 N–H and O–H groups in total. The SMILES string of the molecule is O=c1[nH]c(-c2ccccn2)nc2c(-c3cccnc3)c(C(F)(F)F)sc12. The molecular formula is C17H9F3N4OS. The normalized spacial score (nSPS) is 11.8. The Morgan fingerprint density at radius 3 is 2.58 bits per heavy atom. The fraction of sp³-hybridized carbons (Fsp3) is 0.0588. The first kappa shape index (κ1) is 16.4. The van der Waals surface area contributed by atoms with E-state index in [2.05, 4.69) is 19.9 Å². The Hall–Kier alpha value is -3.07. The third kappa shape index (κ3) is 2.76. The van der Waals surface area contributed by atoms with E-state index in [1.165, 1.54) is 30.7 Å². The van der Waals surface area contributed by atoms with Gasteiger partial charge >= 0.3 is 6.18 Å². The van der Waals surface area contributed by atoms with Gasteiger partial charge in [0.2, 0.25) is 0 Å². The summed E-state index contributed by atoms with van der Waals surface area (Å²) in [4.78, 5) is 26.3. The summed E-state index contributed by atoms with van der Waals surface area (Å²) >= 11 is 0.377. The van der Waals surface area contributed by atoms with E-state index in [4.69, 9.17) is 0 Å². The quantitative estimate of drug-likeness (QED) is 0.573. The standard InChI is InChI=1S/C17H9F3N4OS/c18-17(19,20)14-11(9-4-3-6-21-8-9)12-13(26-14)16(25)24-15(23-12)10-5-1-2-7-22-10/h1-8H,(H,23,24,25). The maximum atomic E-state index is 13.6. The number of hydrogen-bond donors (Lipinski definition) is 1. The number of H-pyrrole nitrogens is 1. The minimum atomic E-state index is -4.62. The summed E-state index contributed by atoms with van der Waals surface area (Å²) in [6.07, 6.45) is -0.324. The van der Waals surface area contributed by atoms with E-state index in [-0.39, 0.29) is 27.2 Å². The number of hydrogen-bond acceptors (Lipinski definition) is 5. The molecule has 130 valence electrons. The highest BCUT2D eigenvalue weighted by atomic mass is 32.1.